The summed E-state index contributed by atoms with van der Waals surface area (Å²) >= 11 is 0. The number of unbranched alkanes of at least 4 members (excludes halogenated alkanes) is 13. The maximum Gasteiger partial charge on any atom is 0.166 e. The van der Waals surface area contributed by atoms with E-state index in [0.717, 1.165) is 18.1 Å². The third-order valence-electron chi connectivity index (χ3n) is 4.10. The van der Waals surface area contributed by atoms with E-state index in [-0.39, 0.29) is 0 Å². The standard InChI is InChI=1S/C18H39NO4/c1-2-3-4-5-6-7-8-9-10-11-12-13-14-15-16-19(22-17-20)23-18-21/h20-21H,2-18H2,1H3. The van der Waals surface area contributed by atoms with Gasteiger partial charge >= 0.3 is 0 Å². The molecule has 2 N–H and O–H groups in total. The average Bonchev–Trinajstić information content (AvgIpc) is 2.55. The van der Waals surface area contributed by atoms with E-state index in [1.807, 2.05) is 0 Å². The molecule has 0 saturated carbocycles. The zero-order valence-electron chi connectivity index (χ0n) is 15.2. The Kier molecular flexibility index (Phi) is 19.7. The summed E-state index contributed by atoms with van der Waals surface area (Å²) in [7, 11) is 0. The van der Waals surface area contributed by atoms with Crippen LogP contribution < -0.4 is 0 Å². The molecule has 0 amide bonds. The molecular weight excluding hydrogens is 294 g/mol. The molecule has 0 aromatic heterocycles. The molecule has 0 heterocycles. The Balaban J connectivity index is 3.15. The van der Waals surface area contributed by atoms with Gasteiger partial charge in [0.25, 0.3) is 0 Å². The van der Waals surface area contributed by atoms with Crippen molar-refractivity contribution in [3.05, 3.63) is 0 Å². The zero-order chi connectivity index (χ0) is 17.0. The minimum atomic E-state index is -0.432. The molecule has 0 spiro atoms. The average molecular weight is 334 g/mol. The fraction of sp³-hybridized carbons (Fsp3) is 1.00. The number of rotatable bonds is 19. The van der Waals surface area contributed by atoms with Crippen LogP contribution in [0.25, 0.3) is 0 Å². The van der Waals surface area contributed by atoms with Gasteiger partial charge in [-0.25, -0.2) is 9.68 Å². The fourth-order valence-electron chi connectivity index (χ4n) is 2.73. The number of hydroxylamine groups is 2. The summed E-state index contributed by atoms with van der Waals surface area (Å²) in [6.45, 7) is 1.97. The summed E-state index contributed by atoms with van der Waals surface area (Å²) in [4.78, 5) is 9.60. The lowest BCUT2D eigenvalue weighted by Crippen LogP contribution is -2.26. The van der Waals surface area contributed by atoms with E-state index in [1.165, 1.54) is 77.0 Å². The third-order valence-corrected chi connectivity index (χ3v) is 4.10. The van der Waals surface area contributed by atoms with Crippen molar-refractivity contribution in [3.8, 4) is 0 Å². The highest BCUT2D eigenvalue weighted by atomic mass is 17.0. The topological polar surface area (TPSA) is 62.2 Å². The van der Waals surface area contributed by atoms with Crippen molar-refractivity contribution in [1.29, 1.82) is 0 Å². The van der Waals surface area contributed by atoms with Crippen molar-refractivity contribution in [3.63, 3.8) is 0 Å². The van der Waals surface area contributed by atoms with Crippen molar-refractivity contribution in [2.24, 2.45) is 0 Å². The maximum atomic E-state index is 8.65. The molecule has 0 bridgehead atoms. The van der Waals surface area contributed by atoms with E-state index in [1.54, 1.807) is 0 Å². The molecule has 0 aromatic rings. The quantitative estimate of drug-likeness (QED) is 0.206. The third kappa shape index (κ3) is 18.0. The second kappa shape index (κ2) is 19.8. The van der Waals surface area contributed by atoms with Crippen LogP contribution in [0.1, 0.15) is 96.8 Å². The molecule has 0 aliphatic rings. The Morgan fingerprint density at radius 3 is 1.26 bits per heavy atom. The number of hydrogen-bond acceptors (Lipinski definition) is 5. The molecule has 5 nitrogen and oxygen atoms in total. The van der Waals surface area contributed by atoms with E-state index in [2.05, 4.69) is 6.92 Å². The second-order valence-corrected chi connectivity index (χ2v) is 6.17. The molecule has 0 fully saturated rings. The largest absolute Gasteiger partial charge is 0.369 e. The molecule has 23 heavy (non-hydrogen) atoms. The highest BCUT2D eigenvalue weighted by Crippen LogP contribution is 2.13. The second-order valence-electron chi connectivity index (χ2n) is 6.17. The van der Waals surface area contributed by atoms with Gasteiger partial charge in [0.2, 0.25) is 0 Å². The Hall–Kier alpha value is -0.200. The minimum absolute atomic E-state index is 0.432. The zero-order valence-corrected chi connectivity index (χ0v) is 15.2. The van der Waals surface area contributed by atoms with Crippen LogP contribution in [0.2, 0.25) is 0 Å². The van der Waals surface area contributed by atoms with Crippen LogP contribution in [0.3, 0.4) is 0 Å². The van der Waals surface area contributed by atoms with Gasteiger partial charge in [-0.1, -0.05) is 95.6 Å². The lowest BCUT2D eigenvalue weighted by Gasteiger charge is -2.17. The van der Waals surface area contributed by atoms with E-state index >= 15 is 0 Å². The lowest BCUT2D eigenvalue weighted by molar-refractivity contribution is -0.404. The van der Waals surface area contributed by atoms with Gasteiger partial charge in [0, 0.05) is 0 Å². The molecule has 0 rings (SSSR count). The first-order valence-electron chi connectivity index (χ1n) is 9.60. The summed E-state index contributed by atoms with van der Waals surface area (Å²) in [5.74, 6) is 0. The van der Waals surface area contributed by atoms with Crippen LogP contribution in [-0.2, 0) is 9.68 Å². The van der Waals surface area contributed by atoms with Crippen LogP contribution in [0, 0.1) is 0 Å². The highest BCUT2D eigenvalue weighted by Gasteiger charge is 2.04. The van der Waals surface area contributed by atoms with Crippen molar-refractivity contribution in [2.45, 2.75) is 96.8 Å². The highest BCUT2D eigenvalue weighted by molar-refractivity contribution is 4.49. The predicted octanol–water partition coefficient (Wildman–Crippen LogP) is 4.53. The van der Waals surface area contributed by atoms with Crippen molar-refractivity contribution >= 4 is 0 Å². The van der Waals surface area contributed by atoms with Gasteiger partial charge in [0.15, 0.2) is 13.6 Å². The Labute approximate surface area is 142 Å². The predicted molar refractivity (Wildman–Crippen MR) is 93.4 cm³/mol. The number of aliphatic hydroxyl groups is 2. The van der Waals surface area contributed by atoms with Crippen molar-refractivity contribution in [2.75, 3.05) is 20.1 Å². The Morgan fingerprint density at radius 1 is 0.565 bits per heavy atom. The molecule has 5 heteroatoms. The molecule has 0 unspecified atom stereocenters. The van der Waals surface area contributed by atoms with Gasteiger partial charge < -0.3 is 10.2 Å². The Morgan fingerprint density at radius 2 is 0.913 bits per heavy atom. The summed E-state index contributed by atoms with van der Waals surface area (Å²) < 4.78 is 0. The van der Waals surface area contributed by atoms with Gasteiger partial charge in [-0.05, 0) is 6.42 Å². The number of hydrogen-bond donors (Lipinski definition) is 2. The van der Waals surface area contributed by atoms with Gasteiger partial charge in [-0.15, -0.1) is 0 Å². The fourth-order valence-corrected chi connectivity index (χ4v) is 2.73. The van der Waals surface area contributed by atoms with E-state index in [4.69, 9.17) is 19.9 Å². The first-order valence-corrected chi connectivity index (χ1v) is 9.60. The molecule has 0 saturated heterocycles. The van der Waals surface area contributed by atoms with Crippen molar-refractivity contribution in [1.82, 2.24) is 5.23 Å². The molecule has 0 aromatic carbocycles. The summed E-state index contributed by atoms with van der Waals surface area (Å²) in [5, 5.41) is 18.5. The molecule has 0 aliphatic heterocycles. The van der Waals surface area contributed by atoms with Gasteiger partial charge in [-0.2, -0.15) is 0 Å². The molecular formula is C18H39NO4. The van der Waals surface area contributed by atoms with Gasteiger partial charge in [0.1, 0.15) is 0 Å². The molecule has 0 aliphatic carbocycles. The van der Waals surface area contributed by atoms with E-state index in [0.29, 0.717) is 6.54 Å². The van der Waals surface area contributed by atoms with E-state index in [9.17, 15) is 0 Å². The Bertz CT molecular complexity index is 211. The maximum absolute atomic E-state index is 8.65. The smallest absolute Gasteiger partial charge is 0.166 e. The summed E-state index contributed by atoms with van der Waals surface area (Å²) in [6.07, 6.45) is 18.5. The van der Waals surface area contributed by atoms with Crippen LogP contribution in [-0.4, -0.2) is 35.6 Å². The first-order chi connectivity index (χ1) is 11.3. The minimum Gasteiger partial charge on any atom is -0.369 e. The monoisotopic (exact) mass is 333 g/mol. The summed E-state index contributed by atoms with van der Waals surface area (Å²) in [5.41, 5.74) is 0. The van der Waals surface area contributed by atoms with Crippen LogP contribution >= 0.6 is 0 Å². The van der Waals surface area contributed by atoms with Crippen molar-refractivity contribution < 1.29 is 19.9 Å². The normalized spacial score (nSPS) is 11.5. The first kappa shape index (κ1) is 22.8. The van der Waals surface area contributed by atoms with Crippen LogP contribution in [0.5, 0.6) is 0 Å². The van der Waals surface area contributed by atoms with Crippen LogP contribution in [0.4, 0.5) is 0 Å². The number of nitrogens with zero attached hydrogens (tertiary/aromatic N) is 1. The number of aliphatic hydroxyl groups excluding tert-OH is 2. The molecule has 0 radical (unpaired) electrons. The van der Waals surface area contributed by atoms with Gasteiger partial charge in [0.05, 0.1) is 6.54 Å². The lowest BCUT2D eigenvalue weighted by atomic mass is 10.0. The molecule has 140 valence electrons. The summed E-state index contributed by atoms with van der Waals surface area (Å²) in [6, 6.07) is 0. The SMILES string of the molecule is CCCCCCCCCCCCCCCCN(OCO)OCO. The molecule has 0 atom stereocenters. The van der Waals surface area contributed by atoms with Gasteiger partial charge in [-0.3, -0.25) is 0 Å². The van der Waals surface area contributed by atoms with E-state index < -0.39 is 13.6 Å². The van der Waals surface area contributed by atoms with Crippen LogP contribution in [0.15, 0.2) is 0 Å².